The Morgan fingerprint density at radius 3 is 2.83 bits per heavy atom. The van der Waals surface area contributed by atoms with Gasteiger partial charge in [-0.05, 0) is 79.2 Å². The fraction of sp³-hybridized carbons (Fsp3) is 0.737. The van der Waals surface area contributed by atoms with E-state index in [-0.39, 0.29) is 0 Å². The number of amides is 1. The van der Waals surface area contributed by atoms with Crippen molar-refractivity contribution >= 4 is 33.2 Å². The van der Waals surface area contributed by atoms with Gasteiger partial charge in [0.15, 0.2) is 0 Å². The molecule has 4 bridgehead atoms. The SMILES string of the molecule is O=C(CC12CC3CC(CC(Br)(C3)C1)C2)N1CCc2sccc2C1. The van der Waals surface area contributed by atoms with Crippen LogP contribution in [0.3, 0.4) is 0 Å². The van der Waals surface area contributed by atoms with Crippen LogP contribution in [0.1, 0.15) is 55.4 Å². The van der Waals surface area contributed by atoms with Gasteiger partial charge in [0.1, 0.15) is 0 Å². The highest BCUT2D eigenvalue weighted by Gasteiger charge is 2.57. The zero-order valence-electron chi connectivity index (χ0n) is 13.5. The topological polar surface area (TPSA) is 20.3 Å². The minimum Gasteiger partial charge on any atom is -0.338 e. The molecular weight excluding hydrogens is 370 g/mol. The summed E-state index contributed by atoms with van der Waals surface area (Å²) in [6.45, 7) is 1.77. The van der Waals surface area contributed by atoms with Crippen LogP contribution in [0.15, 0.2) is 11.4 Å². The van der Waals surface area contributed by atoms with Gasteiger partial charge in [0, 0.05) is 28.7 Å². The van der Waals surface area contributed by atoms with Crippen LogP contribution in [0.4, 0.5) is 0 Å². The zero-order valence-corrected chi connectivity index (χ0v) is 15.9. The van der Waals surface area contributed by atoms with Crippen molar-refractivity contribution in [2.45, 2.75) is 62.2 Å². The van der Waals surface area contributed by atoms with Crippen LogP contribution in [0.25, 0.3) is 0 Å². The second-order valence-electron chi connectivity index (χ2n) is 8.72. The van der Waals surface area contributed by atoms with Gasteiger partial charge in [-0.25, -0.2) is 0 Å². The van der Waals surface area contributed by atoms with Gasteiger partial charge in [0.2, 0.25) is 5.91 Å². The predicted molar refractivity (Wildman–Crippen MR) is 96.8 cm³/mol. The van der Waals surface area contributed by atoms with E-state index < -0.39 is 0 Å². The summed E-state index contributed by atoms with van der Waals surface area (Å²) in [7, 11) is 0. The molecule has 2 nitrogen and oxygen atoms in total. The van der Waals surface area contributed by atoms with Crippen molar-refractivity contribution in [3.63, 3.8) is 0 Å². The van der Waals surface area contributed by atoms with Crippen LogP contribution in [-0.4, -0.2) is 21.7 Å². The quantitative estimate of drug-likeness (QED) is 0.663. The molecule has 1 aliphatic heterocycles. The van der Waals surface area contributed by atoms with Crippen LogP contribution in [-0.2, 0) is 17.8 Å². The predicted octanol–water partition coefficient (Wildman–Crippen LogP) is 4.76. The van der Waals surface area contributed by atoms with Gasteiger partial charge in [-0.3, -0.25) is 4.79 Å². The van der Waals surface area contributed by atoms with E-state index in [9.17, 15) is 4.79 Å². The third kappa shape index (κ3) is 2.52. The molecule has 4 saturated carbocycles. The number of rotatable bonds is 2. The molecule has 4 fully saturated rings. The molecule has 1 amide bonds. The maximum Gasteiger partial charge on any atom is 0.223 e. The Bertz CT molecular complexity index is 640. The highest BCUT2D eigenvalue weighted by atomic mass is 79.9. The first-order chi connectivity index (χ1) is 11.0. The molecule has 0 radical (unpaired) electrons. The number of alkyl halides is 1. The van der Waals surface area contributed by atoms with E-state index in [0.717, 1.165) is 37.8 Å². The Kier molecular flexibility index (Phi) is 3.30. The summed E-state index contributed by atoms with van der Waals surface area (Å²) in [5.41, 5.74) is 1.69. The lowest BCUT2D eigenvalue weighted by atomic mass is 9.48. The van der Waals surface area contributed by atoms with E-state index in [1.165, 1.54) is 49.0 Å². The van der Waals surface area contributed by atoms with Crippen molar-refractivity contribution in [2.75, 3.05) is 6.54 Å². The maximum absolute atomic E-state index is 13.0. The lowest BCUT2D eigenvalue weighted by Crippen LogP contribution is -2.54. The van der Waals surface area contributed by atoms with Gasteiger partial charge < -0.3 is 4.90 Å². The summed E-state index contributed by atoms with van der Waals surface area (Å²) in [4.78, 5) is 16.7. The highest BCUT2D eigenvalue weighted by molar-refractivity contribution is 9.10. The Morgan fingerprint density at radius 2 is 2.09 bits per heavy atom. The summed E-state index contributed by atoms with van der Waals surface area (Å²) in [6.07, 6.45) is 9.82. The van der Waals surface area contributed by atoms with Crippen LogP contribution in [0.2, 0.25) is 0 Å². The molecule has 4 aliphatic carbocycles. The minimum atomic E-state index is 0.305. The monoisotopic (exact) mass is 393 g/mol. The Hall–Kier alpha value is -0.350. The molecular formula is C19H24BrNOS. The largest absolute Gasteiger partial charge is 0.338 e. The van der Waals surface area contributed by atoms with Crippen molar-refractivity contribution < 1.29 is 4.79 Å². The number of carbonyl (C=O) groups is 1. The molecule has 2 unspecified atom stereocenters. The Labute approximate surface area is 150 Å². The number of hydrogen-bond donors (Lipinski definition) is 0. The first-order valence-corrected chi connectivity index (χ1v) is 10.7. The van der Waals surface area contributed by atoms with Crippen LogP contribution >= 0.6 is 27.3 Å². The van der Waals surface area contributed by atoms with Crippen molar-refractivity contribution in [2.24, 2.45) is 17.3 Å². The van der Waals surface area contributed by atoms with E-state index in [2.05, 4.69) is 32.3 Å². The second-order valence-corrected chi connectivity index (χ2v) is 11.4. The van der Waals surface area contributed by atoms with Crippen molar-refractivity contribution in [3.8, 4) is 0 Å². The van der Waals surface area contributed by atoms with E-state index in [1.54, 1.807) is 0 Å². The van der Waals surface area contributed by atoms with Crippen LogP contribution in [0, 0.1) is 17.3 Å². The van der Waals surface area contributed by atoms with E-state index in [1.807, 2.05) is 11.3 Å². The smallest absolute Gasteiger partial charge is 0.223 e. The van der Waals surface area contributed by atoms with Crippen molar-refractivity contribution in [1.29, 1.82) is 0 Å². The Morgan fingerprint density at radius 1 is 1.30 bits per heavy atom. The fourth-order valence-electron chi connectivity index (χ4n) is 6.44. The van der Waals surface area contributed by atoms with E-state index in [0.29, 0.717) is 15.6 Å². The molecule has 0 saturated heterocycles. The fourth-order valence-corrected chi connectivity index (χ4v) is 8.84. The first kappa shape index (κ1) is 14.9. The summed E-state index contributed by atoms with van der Waals surface area (Å²) in [5.74, 6) is 2.15. The molecule has 0 N–H and O–H groups in total. The van der Waals surface area contributed by atoms with E-state index >= 15 is 0 Å². The molecule has 0 aromatic carbocycles. The van der Waals surface area contributed by atoms with Gasteiger partial charge in [0.05, 0.1) is 0 Å². The second kappa shape index (κ2) is 5.08. The lowest BCUT2D eigenvalue weighted by Gasteiger charge is -2.60. The molecule has 5 aliphatic rings. The van der Waals surface area contributed by atoms with Gasteiger partial charge >= 0.3 is 0 Å². The summed E-state index contributed by atoms with van der Waals surface area (Å²) in [5, 5.41) is 2.17. The number of nitrogens with zero attached hydrogens (tertiary/aromatic N) is 1. The van der Waals surface area contributed by atoms with Crippen molar-refractivity contribution in [3.05, 3.63) is 21.9 Å². The first-order valence-electron chi connectivity index (χ1n) is 9.05. The number of thiophene rings is 1. The third-order valence-electron chi connectivity index (χ3n) is 6.80. The number of carbonyl (C=O) groups excluding carboxylic acids is 1. The molecule has 23 heavy (non-hydrogen) atoms. The average Bonchev–Trinajstić information content (AvgIpc) is 2.91. The summed E-state index contributed by atoms with van der Waals surface area (Å²) >= 11 is 5.92. The molecule has 1 aromatic rings. The normalized spacial score (nSPS) is 41.2. The van der Waals surface area contributed by atoms with Crippen LogP contribution in [0.5, 0.6) is 0 Å². The zero-order chi connectivity index (χ0) is 15.7. The molecule has 1 aromatic heterocycles. The van der Waals surface area contributed by atoms with Crippen molar-refractivity contribution in [1.82, 2.24) is 4.90 Å². The molecule has 0 spiro atoms. The molecule has 2 heterocycles. The summed E-state index contributed by atoms with van der Waals surface area (Å²) in [6, 6.07) is 2.21. The third-order valence-corrected chi connectivity index (χ3v) is 8.75. The maximum atomic E-state index is 13.0. The highest BCUT2D eigenvalue weighted by Crippen LogP contribution is 2.65. The lowest BCUT2D eigenvalue weighted by molar-refractivity contribution is -0.139. The average molecular weight is 394 g/mol. The van der Waals surface area contributed by atoms with E-state index in [4.69, 9.17) is 0 Å². The van der Waals surface area contributed by atoms with Crippen LogP contribution < -0.4 is 0 Å². The summed E-state index contributed by atoms with van der Waals surface area (Å²) < 4.78 is 0.361. The molecule has 4 heteroatoms. The standard InChI is InChI=1S/C19H24BrNOS/c20-19-8-13-5-14(9-19)7-18(6-13,12-19)10-17(22)21-3-1-16-15(11-21)2-4-23-16/h2,4,13-14H,1,3,5-12H2. The van der Waals surface area contributed by atoms with Gasteiger partial charge in [-0.15, -0.1) is 11.3 Å². The van der Waals surface area contributed by atoms with Gasteiger partial charge in [-0.1, -0.05) is 15.9 Å². The number of fused-ring (bicyclic) bond motifs is 1. The van der Waals surface area contributed by atoms with Gasteiger partial charge in [0.25, 0.3) is 0 Å². The molecule has 2 atom stereocenters. The molecule has 6 rings (SSSR count). The Balaban J connectivity index is 1.33. The molecule has 124 valence electrons. The number of halogens is 1. The number of hydrogen-bond acceptors (Lipinski definition) is 2. The van der Waals surface area contributed by atoms with Gasteiger partial charge in [-0.2, -0.15) is 0 Å². The minimum absolute atomic E-state index is 0.305.